The van der Waals surface area contributed by atoms with Gasteiger partial charge in [0.15, 0.2) is 9.84 Å². The van der Waals surface area contributed by atoms with Gasteiger partial charge in [-0.25, -0.2) is 8.42 Å². The average molecular weight is 390 g/mol. The van der Waals surface area contributed by atoms with Gasteiger partial charge in [0.2, 0.25) is 5.91 Å². The van der Waals surface area contributed by atoms with Gasteiger partial charge in [0.1, 0.15) is 0 Å². The summed E-state index contributed by atoms with van der Waals surface area (Å²) in [4.78, 5) is 14.5. The second kappa shape index (κ2) is 7.64. The van der Waals surface area contributed by atoms with Crippen LogP contribution in [0.4, 0.5) is 5.69 Å². The minimum Gasteiger partial charge on any atom is -0.304 e. The van der Waals surface area contributed by atoms with Gasteiger partial charge in [-0.1, -0.05) is 48.0 Å². The van der Waals surface area contributed by atoms with E-state index in [1.807, 2.05) is 43.3 Å². The van der Waals surface area contributed by atoms with Crippen molar-refractivity contribution in [2.45, 2.75) is 25.8 Å². The van der Waals surface area contributed by atoms with E-state index < -0.39 is 15.9 Å². The lowest BCUT2D eigenvalue weighted by Gasteiger charge is -2.28. The predicted octanol–water partition coefficient (Wildman–Crippen LogP) is 3.92. The molecule has 0 bridgehead atoms. The lowest BCUT2D eigenvalue weighted by Crippen LogP contribution is -2.41. The highest BCUT2D eigenvalue weighted by atomic mass is 35.5. The Kier molecular flexibility index (Phi) is 5.49. The average Bonchev–Trinajstić information content (AvgIpc) is 2.97. The van der Waals surface area contributed by atoms with Gasteiger partial charge in [0.05, 0.1) is 11.8 Å². The SMILES string of the molecule is Cc1ccc(N(C(=O)CCc2ccccc2)[C@H]2C=CS(=O)(=O)C2)cc1Cl. The van der Waals surface area contributed by atoms with Crippen LogP contribution in [0.2, 0.25) is 5.02 Å². The first-order valence-electron chi connectivity index (χ1n) is 8.39. The first-order valence-corrected chi connectivity index (χ1v) is 10.5. The third kappa shape index (κ3) is 4.34. The topological polar surface area (TPSA) is 54.5 Å². The highest BCUT2D eigenvalue weighted by molar-refractivity contribution is 7.94. The third-order valence-electron chi connectivity index (χ3n) is 4.42. The van der Waals surface area contributed by atoms with Crippen molar-refractivity contribution in [2.75, 3.05) is 10.7 Å². The molecule has 3 rings (SSSR count). The number of anilines is 1. The minimum absolute atomic E-state index is 0.102. The molecule has 1 aliphatic heterocycles. The van der Waals surface area contributed by atoms with Gasteiger partial charge in [-0.2, -0.15) is 0 Å². The van der Waals surface area contributed by atoms with E-state index >= 15 is 0 Å². The summed E-state index contributed by atoms with van der Waals surface area (Å²) in [6.45, 7) is 1.88. The smallest absolute Gasteiger partial charge is 0.227 e. The molecule has 0 aromatic heterocycles. The van der Waals surface area contributed by atoms with Crippen molar-refractivity contribution in [1.29, 1.82) is 0 Å². The number of halogens is 1. The maximum absolute atomic E-state index is 13.0. The fourth-order valence-corrected chi connectivity index (χ4v) is 4.43. The molecular weight excluding hydrogens is 370 g/mol. The van der Waals surface area contributed by atoms with Crippen molar-refractivity contribution in [2.24, 2.45) is 0 Å². The first-order chi connectivity index (χ1) is 12.4. The fraction of sp³-hybridized carbons (Fsp3) is 0.250. The predicted molar refractivity (Wildman–Crippen MR) is 105 cm³/mol. The van der Waals surface area contributed by atoms with Crippen LogP contribution in [-0.2, 0) is 21.1 Å². The number of carbonyl (C=O) groups is 1. The fourth-order valence-electron chi connectivity index (χ4n) is 2.99. The van der Waals surface area contributed by atoms with E-state index in [-0.39, 0.29) is 11.7 Å². The number of benzene rings is 2. The number of hydrogen-bond acceptors (Lipinski definition) is 3. The molecule has 0 radical (unpaired) electrons. The Morgan fingerprint density at radius 2 is 1.92 bits per heavy atom. The maximum atomic E-state index is 13.0. The van der Waals surface area contributed by atoms with E-state index in [4.69, 9.17) is 11.6 Å². The van der Waals surface area contributed by atoms with Crippen molar-refractivity contribution in [3.63, 3.8) is 0 Å². The monoisotopic (exact) mass is 389 g/mol. The molecule has 2 aromatic carbocycles. The normalized spacial score (nSPS) is 18.0. The Morgan fingerprint density at radius 3 is 2.54 bits per heavy atom. The molecule has 1 aliphatic rings. The van der Waals surface area contributed by atoms with E-state index in [1.54, 1.807) is 23.1 Å². The van der Waals surface area contributed by atoms with E-state index in [0.717, 1.165) is 11.1 Å². The molecule has 0 unspecified atom stereocenters. The summed E-state index contributed by atoms with van der Waals surface area (Å²) in [6.07, 6.45) is 2.46. The van der Waals surface area contributed by atoms with Crippen LogP contribution >= 0.6 is 11.6 Å². The van der Waals surface area contributed by atoms with Gasteiger partial charge < -0.3 is 4.90 Å². The van der Waals surface area contributed by atoms with Gasteiger partial charge in [-0.3, -0.25) is 4.79 Å². The third-order valence-corrected chi connectivity index (χ3v) is 6.20. The van der Waals surface area contributed by atoms with E-state index in [1.165, 1.54) is 5.41 Å². The number of nitrogens with zero attached hydrogens (tertiary/aromatic N) is 1. The number of hydrogen-bond donors (Lipinski definition) is 0. The highest BCUT2D eigenvalue weighted by Crippen LogP contribution is 2.28. The zero-order valence-electron chi connectivity index (χ0n) is 14.4. The molecule has 4 nitrogen and oxygen atoms in total. The van der Waals surface area contributed by atoms with E-state index in [0.29, 0.717) is 23.6 Å². The molecule has 1 amide bonds. The number of amides is 1. The lowest BCUT2D eigenvalue weighted by atomic mass is 10.1. The van der Waals surface area contributed by atoms with Crippen LogP contribution in [0.5, 0.6) is 0 Å². The van der Waals surface area contributed by atoms with Crippen LogP contribution in [0, 0.1) is 6.92 Å². The van der Waals surface area contributed by atoms with Crippen LogP contribution in [0.15, 0.2) is 60.0 Å². The lowest BCUT2D eigenvalue weighted by molar-refractivity contribution is -0.118. The van der Waals surface area contributed by atoms with Crippen LogP contribution in [-0.4, -0.2) is 26.1 Å². The van der Waals surface area contributed by atoms with Crippen molar-refractivity contribution < 1.29 is 13.2 Å². The summed E-state index contributed by atoms with van der Waals surface area (Å²) >= 11 is 6.22. The molecule has 136 valence electrons. The van der Waals surface area contributed by atoms with Crippen molar-refractivity contribution >= 4 is 33.0 Å². The quantitative estimate of drug-likeness (QED) is 0.778. The molecule has 1 atom stereocenters. The Bertz CT molecular complexity index is 939. The number of carbonyl (C=O) groups excluding carboxylic acids is 1. The molecule has 0 fully saturated rings. The molecule has 1 heterocycles. The highest BCUT2D eigenvalue weighted by Gasteiger charge is 2.31. The molecule has 0 N–H and O–H groups in total. The second-order valence-corrected chi connectivity index (χ2v) is 8.75. The van der Waals surface area contributed by atoms with Gasteiger partial charge >= 0.3 is 0 Å². The van der Waals surface area contributed by atoms with E-state index in [2.05, 4.69) is 0 Å². The van der Waals surface area contributed by atoms with E-state index in [9.17, 15) is 13.2 Å². The first kappa shape index (κ1) is 18.7. The van der Waals surface area contributed by atoms with Crippen molar-refractivity contribution in [3.8, 4) is 0 Å². The largest absolute Gasteiger partial charge is 0.304 e. The number of rotatable bonds is 5. The van der Waals surface area contributed by atoms with Crippen LogP contribution in [0.1, 0.15) is 17.5 Å². The van der Waals surface area contributed by atoms with Crippen molar-refractivity contribution in [1.82, 2.24) is 0 Å². The molecule has 0 aliphatic carbocycles. The second-order valence-electron chi connectivity index (χ2n) is 6.41. The Labute approximate surface area is 159 Å². The zero-order valence-corrected chi connectivity index (χ0v) is 16.0. The molecule has 0 spiro atoms. The van der Waals surface area contributed by atoms with Crippen LogP contribution in [0.25, 0.3) is 0 Å². The minimum atomic E-state index is -3.27. The Morgan fingerprint density at radius 1 is 1.19 bits per heavy atom. The summed E-state index contributed by atoms with van der Waals surface area (Å²) in [6, 6.07) is 14.6. The Balaban J connectivity index is 1.86. The number of aryl methyl sites for hydroxylation is 2. The molecule has 26 heavy (non-hydrogen) atoms. The summed E-state index contributed by atoms with van der Waals surface area (Å²) in [5, 5.41) is 1.73. The van der Waals surface area contributed by atoms with Gasteiger partial charge in [-0.15, -0.1) is 0 Å². The van der Waals surface area contributed by atoms with Gasteiger partial charge in [-0.05, 0) is 42.7 Å². The Hall–Kier alpha value is -2.11. The molecule has 0 saturated heterocycles. The zero-order chi connectivity index (χ0) is 18.7. The molecular formula is C20H20ClNO3S. The standard InChI is InChI=1S/C20H20ClNO3S/c1-15-7-9-17(13-19(15)21)22(18-11-12-26(24,25)14-18)20(23)10-8-16-5-3-2-4-6-16/h2-7,9,11-13,18H,8,10,14H2,1H3/t18-/m0/s1. The van der Waals surface area contributed by atoms with Crippen LogP contribution < -0.4 is 4.90 Å². The maximum Gasteiger partial charge on any atom is 0.227 e. The summed E-state index contributed by atoms with van der Waals surface area (Å²) in [5.74, 6) is -0.226. The van der Waals surface area contributed by atoms with Gasteiger partial charge in [0, 0.05) is 22.5 Å². The summed E-state index contributed by atoms with van der Waals surface area (Å²) < 4.78 is 23.7. The van der Waals surface area contributed by atoms with Crippen LogP contribution in [0.3, 0.4) is 0 Å². The molecule has 6 heteroatoms. The van der Waals surface area contributed by atoms with Gasteiger partial charge in [0.25, 0.3) is 0 Å². The number of sulfone groups is 1. The summed E-state index contributed by atoms with van der Waals surface area (Å²) in [7, 11) is -3.27. The summed E-state index contributed by atoms with van der Waals surface area (Å²) in [5.41, 5.74) is 2.59. The molecule has 0 saturated carbocycles. The van der Waals surface area contributed by atoms with Crippen molar-refractivity contribution in [3.05, 3.63) is 76.2 Å². The molecule has 2 aromatic rings.